The number of rotatable bonds is 4. The summed E-state index contributed by atoms with van der Waals surface area (Å²) in [4.78, 5) is 14.7. The molecule has 3 aromatic carbocycles. The van der Waals surface area contributed by atoms with Gasteiger partial charge in [-0.1, -0.05) is 41.9 Å². The molecule has 0 aromatic heterocycles. The Hall–Kier alpha value is -2.83. The van der Waals surface area contributed by atoms with Gasteiger partial charge in [0.1, 0.15) is 4.90 Å². The number of sulfonamides is 1. The van der Waals surface area contributed by atoms with Gasteiger partial charge < -0.3 is 4.90 Å². The van der Waals surface area contributed by atoms with Crippen LogP contribution in [0.25, 0.3) is 0 Å². The molecule has 1 aliphatic heterocycles. The Labute approximate surface area is 181 Å². The van der Waals surface area contributed by atoms with Gasteiger partial charge in [0.05, 0.1) is 10.7 Å². The molecule has 0 atom stereocenters. The highest BCUT2D eigenvalue weighted by Gasteiger charge is 2.27. The molecule has 1 N–H and O–H groups in total. The van der Waals surface area contributed by atoms with Crippen molar-refractivity contribution in [2.45, 2.75) is 25.2 Å². The number of amides is 1. The van der Waals surface area contributed by atoms with Crippen LogP contribution in [-0.2, 0) is 16.4 Å². The lowest BCUT2D eigenvalue weighted by Gasteiger charge is -2.18. The number of anilines is 2. The SMILES string of the molecule is Cc1cccc(NS(=O)(=O)c2cc(C(=O)N3CCc4ccccc43)ccc2Cl)c1C. The second kappa shape index (κ2) is 7.78. The Morgan fingerprint density at radius 3 is 2.60 bits per heavy atom. The second-order valence-corrected chi connectivity index (χ2v) is 9.39. The molecule has 154 valence electrons. The average molecular weight is 441 g/mol. The molecule has 3 aromatic rings. The van der Waals surface area contributed by atoms with E-state index in [1.54, 1.807) is 23.1 Å². The third kappa shape index (κ3) is 3.68. The van der Waals surface area contributed by atoms with E-state index in [9.17, 15) is 13.2 Å². The summed E-state index contributed by atoms with van der Waals surface area (Å²) in [6.07, 6.45) is 0.773. The van der Waals surface area contributed by atoms with E-state index in [1.165, 1.54) is 12.1 Å². The van der Waals surface area contributed by atoms with Gasteiger partial charge in [-0.05, 0) is 67.3 Å². The summed E-state index contributed by atoms with van der Waals surface area (Å²) in [5, 5.41) is 0.0613. The van der Waals surface area contributed by atoms with Crippen LogP contribution < -0.4 is 9.62 Å². The van der Waals surface area contributed by atoms with Crippen molar-refractivity contribution in [3.05, 3.63) is 87.9 Å². The smallest absolute Gasteiger partial charge is 0.263 e. The molecule has 0 saturated heterocycles. The second-order valence-electron chi connectivity index (χ2n) is 7.33. The molecule has 1 heterocycles. The van der Waals surface area contributed by atoms with Gasteiger partial charge in [-0.3, -0.25) is 9.52 Å². The molecule has 7 heteroatoms. The van der Waals surface area contributed by atoms with Crippen LogP contribution in [0.2, 0.25) is 5.02 Å². The molecule has 5 nitrogen and oxygen atoms in total. The van der Waals surface area contributed by atoms with Crippen molar-refractivity contribution in [2.24, 2.45) is 0 Å². The van der Waals surface area contributed by atoms with E-state index < -0.39 is 10.0 Å². The molecule has 1 aliphatic rings. The maximum Gasteiger partial charge on any atom is 0.263 e. The number of hydrogen-bond acceptors (Lipinski definition) is 3. The van der Waals surface area contributed by atoms with Crippen LogP contribution in [0.15, 0.2) is 65.6 Å². The summed E-state index contributed by atoms with van der Waals surface area (Å²) in [7, 11) is -3.98. The van der Waals surface area contributed by atoms with E-state index in [0.717, 1.165) is 28.8 Å². The average Bonchev–Trinajstić information content (AvgIpc) is 3.15. The predicted molar refractivity (Wildman–Crippen MR) is 120 cm³/mol. The zero-order chi connectivity index (χ0) is 21.5. The molecular weight excluding hydrogens is 420 g/mol. The highest BCUT2D eigenvalue weighted by molar-refractivity contribution is 7.92. The van der Waals surface area contributed by atoms with E-state index in [-0.39, 0.29) is 21.4 Å². The molecule has 0 spiro atoms. The third-order valence-electron chi connectivity index (χ3n) is 5.45. The fourth-order valence-electron chi connectivity index (χ4n) is 3.61. The summed E-state index contributed by atoms with van der Waals surface area (Å²) < 4.78 is 28.7. The Kier molecular flexibility index (Phi) is 5.30. The van der Waals surface area contributed by atoms with E-state index >= 15 is 0 Å². The highest BCUT2D eigenvalue weighted by Crippen LogP contribution is 2.31. The molecule has 0 saturated carbocycles. The van der Waals surface area contributed by atoms with Gasteiger partial charge in [-0.15, -0.1) is 0 Å². The lowest BCUT2D eigenvalue weighted by atomic mass is 10.1. The van der Waals surface area contributed by atoms with Crippen molar-refractivity contribution in [3.63, 3.8) is 0 Å². The van der Waals surface area contributed by atoms with Gasteiger partial charge in [0, 0.05) is 17.8 Å². The fourth-order valence-corrected chi connectivity index (χ4v) is 5.26. The summed E-state index contributed by atoms with van der Waals surface area (Å²) in [6.45, 7) is 4.32. The topological polar surface area (TPSA) is 66.5 Å². The molecule has 1 amide bonds. The van der Waals surface area contributed by atoms with Crippen LogP contribution in [0.3, 0.4) is 0 Å². The zero-order valence-electron chi connectivity index (χ0n) is 16.6. The first-order chi connectivity index (χ1) is 14.3. The van der Waals surface area contributed by atoms with E-state index in [2.05, 4.69) is 4.72 Å². The molecule has 0 bridgehead atoms. The lowest BCUT2D eigenvalue weighted by Crippen LogP contribution is -2.29. The van der Waals surface area contributed by atoms with Gasteiger partial charge in [0.2, 0.25) is 0 Å². The molecule has 0 radical (unpaired) electrons. The van der Waals surface area contributed by atoms with Gasteiger partial charge in [-0.2, -0.15) is 0 Å². The summed E-state index contributed by atoms with van der Waals surface area (Å²) >= 11 is 6.22. The quantitative estimate of drug-likeness (QED) is 0.623. The summed E-state index contributed by atoms with van der Waals surface area (Å²) in [5.74, 6) is -0.250. The number of benzene rings is 3. The van der Waals surface area contributed by atoms with Gasteiger partial charge >= 0.3 is 0 Å². The van der Waals surface area contributed by atoms with Crippen LogP contribution >= 0.6 is 11.6 Å². The van der Waals surface area contributed by atoms with Gasteiger partial charge in [-0.25, -0.2) is 8.42 Å². The number of carbonyl (C=O) groups is 1. The maximum atomic E-state index is 13.1. The van der Waals surface area contributed by atoms with Crippen molar-refractivity contribution in [3.8, 4) is 0 Å². The summed E-state index contributed by atoms with van der Waals surface area (Å²) in [5.41, 5.74) is 4.52. The van der Waals surface area contributed by atoms with Crippen LogP contribution in [0, 0.1) is 13.8 Å². The first-order valence-corrected chi connectivity index (χ1v) is 11.4. The van der Waals surface area contributed by atoms with Crippen LogP contribution in [0.1, 0.15) is 27.0 Å². The minimum absolute atomic E-state index is 0.0613. The van der Waals surface area contributed by atoms with E-state index in [4.69, 9.17) is 11.6 Å². The predicted octanol–water partition coefficient (Wildman–Crippen LogP) is 4.96. The zero-order valence-corrected chi connectivity index (χ0v) is 18.2. The first kappa shape index (κ1) is 20.4. The van der Waals surface area contributed by atoms with E-state index in [0.29, 0.717) is 12.2 Å². The van der Waals surface area contributed by atoms with Crippen molar-refractivity contribution in [1.82, 2.24) is 0 Å². The van der Waals surface area contributed by atoms with Crippen molar-refractivity contribution in [1.29, 1.82) is 0 Å². The minimum atomic E-state index is -3.98. The van der Waals surface area contributed by atoms with Crippen LogP contribution in [0.5, 0.6) is 0 Å². The number of hydrogen-bond donors (Lipinski definition) is 1. The Bertz CT molecular complexity index is 1260. The number of halogens is 1. The van der Waals surface area contributed by atoms with Crippen molar-refractivity contribution in [2.75, 3.05) is 16.2 Å². The van der Waals surface area contributed by atoms with E-state index in [1.807, 2.05) is 44.2 Å². The number of fused-ring (bicyclic) bond motifs is 1. The standard InChI is InChI=1S/C23H21ClN2O3S/c1-15-6-5-8-20(16(15)2)25-30(28,29)22-14-18(10-11-19(22)24)23(27)26-13-12-17-7-3-4-9-21(17)26/h3-11,14,25H,12-13H2,1-2H3. The number of nitrogens with one attached hydrogen (secondary N) is 1. The number of aryl methyl sites for hydroxylation is 1. The van der Waals surface area contributed by atoms with Crippen LogP contribution in [0.4, 0.5) is 11.4 Å². The minimum Gasteiger partial charge on any atom is -0.308 e. The van der Waals surface area contributed by atoms with Gasteiger partial charge in [0.15, 0.2) is 0 Å². The third-order valence-corrected chi connectivity index (χ3v) is 7.30. The molecule has 0 fully saturated rings. The monoisotopic (exact) mass is 440 g/mol. The number of nitrogens with zero attached hydrogens (tertiary/aromatic N) is 1. The first-order valence-electron chi connectivity index (χ1n) is 9.56. The fraction of sp³-hybridized carbons (Fsp3) is 0.174. The lowest BCUT2D eigenvalue weighted by molar-refractivity contribution is 0.0989. The van der Waals surface area contributed by atoms with Gasteiger partial charge in [0.25, 0.3) is 15.9 Å². The highest BCUT2D eigenvalue weighted by atomic mass is 35.5. The molecule has 0 unspecified atom stereocenters. The molecule has 30 heavy (non-hydrogen) atoms. The Morgan fingerprint density at radius 2 is 1.80 bits per heavy atom. The molecular formula is C23H21ClN2O3S. The Morgan fingerprint density at radius 1 is 1.03 bits per heavy atom. The maximum absolute atomic E-state index is 13.1. The number of carbonyl (C=O) groups excluding carboxylic acids is 1. The summed E-state index contributed by atoms with van der Waals surface area (Å²) in [6, 6.07) is 17.5. The van der Waals surface area contributed by atoms with Crippen molar-refractivity contribution < 1.29 is 13.2 Å². The number of para-hydroxylation sites is 1. The Balaban J connectivity index is 1.68. The van der Waals surface area contributed by atoms with Crippen LogP contribution in [-0.4, -0.2) is 20.9 Å². The largest absolute Gasteiger partial charge is 0.308 e. The van der Waals surface area contributed by atoms with Crippen molar-refractivity contribution >= 4 is 38.9 Å². The molecule has 0 aliphatic carbocycles. The normalized spacial score (nSPS) is 13.2. The molecule has 4 rings (SSSR count).